The van der Waals surface area contributed by atoms with E-state index in [1.165, 1.54) is 36.6 Å². The van der Waals surface area contributed by atoms with Gasteiger partial charge in [-0.05, 0) is 24.3 Å². The Morgan fingerprint density at radius 3 is 2.52 bits per heavy atom. The molecule has 29 heavy (non-hydrogen) atoms. The minimum absolute atomic E-state index is 0.118. The van der Waals surface area contributed by atoms with Crippen molar-refractivity contribution in [3.8, 4) is 21.8 Å². The van der Waals surface area contributed by atoms with Crippen LogP contribution in [0, 0.1) is 5.82 Å². The molecule has 4 rings (SSSR count). The Kier molecular flexibility index (Phi) is 5.01. The maximum atomic E-state index is 14.1. The van der Waals surface area contributed by atoms with Crippen molar-refractivity contribution in [1.29, 1.82) is 0 Å². The van der Waals surface area contributed by atoms with Crippen LogP contribution in [-0.2, 0) is 7.05 Å². The third-order valence-electron chi connectivity index (χ3n) is 4.25. The van der Waals surface area contributed by atoms with Crippen LogP contribution in [0.25, 0.3) is 21.8 Å². The van der Waals surface area contributed by atoms with Gasteiger partial charge in [-0.1, -0.05) is 30.3 Å². The molecule has 0 unspecified atom stereocenters. The minimum Gasteiger partial charge on any atom is -0.320 e. The van der Waals surface area contributed by atoms with Crippen LogP contribution in [0.1, 0.15) is 10.5 Å². The highest BCUT2D eigenvalue weighted by molar-refractivity contribution is 7.13. The van der Waals surface area contributed by atoms with Crippen molar-refractivity contribution in [3.63, 3.8) is 0 Å². The topological polar surface area (TPSA) is 76.9 Å². The van der Waals surface area contributed by atoms with Gasteiger partial charge >= 0.3 is 0 Å². The van der Waals surface area contributed by atoms with Crippen LogP contribution in [0.3, 0.4) is 0 Å². The molecule has 0 radical (unpaired) electrons. The molecule has 0 aliphatic rings. The maximum absolute atomic E-state index is 14.1. The Hall–Kier alpha value is -3.65. The molecule has 0 spiro atoms. The van der Waals surface area contributed by atoms with Gasteiger partial charge in [0, 0.05) is 29.6 Å². The van der Waals surface area contributed by atoms with Crippen molar-refractivity contribution >= 4 is 22.9 Å². The number of nitrogens with zero attached hydrogens (tertiary/aromatic N) is 3. The summed E-state index contributed by atoms with van der Waals surface area (Å²) in [6.45, 7) is 0. The van der Waals surface area contributed by atoms with E-state index >= 15 is 0 Å². The second-order valence-corrected chi connectivity index (χ2v) is 7.06. The minimum atomic E-state index is -0.447. The summed E-state index contributed by atoms with van der Waals surface area (Å²) in [5.74, 6) is -0.784. The summed E-state index contributed by atoms with van der Waals surface area (Å²) >= 11 is 1.32. The van der Waals surface area contributed by atoms with Crippen molar-refractivity contribution in [3.05, 3.63) is 87.9 Å². The van der Waals surface area contributed by atoms with E-state index < -0.39 is 5.91 Å². The van der Waals surface area contributed by atoms with Crippen LogP contribution in [0.4, 0.5) is 10.1 Å². The highest BCUT2D eigenvalue weighted by Gasteiger charge is 2.15. The summed E-state index contributed by atoms with van der Waals surface area (Å²) in [5.41, 5.74) is 2.11. The molecule has 0 fully saturated rings. The van der Waals surface area contributed by atoms with Gasteiger partial charge in [-0.3, -0.25) is 9.59 Å². The molecule has 1 N–H and O–H groups in total. The normalized spacial score (nSPS) is 10.7. The van der Waals surface area contributed by atoms with Crippen LogP contribution in [0.15, 0.2) is 70.8 Å². The van der Waals surface area contributed by atoms with Gasteiger partial charge in [0.25, 0.3) is 11.5 Å². The second-order valence-electron chi connectivity index (χ2n) is 6.20. The number of carbonyl (C=O) groups excluding carboxylic acids is 1. The maximum Gasteiger partial charge on any atom is 0.276 e. The molecular weight excluding hydrogens is 391 g/mol. The summed E-state index contributed by atoms with van der Waals surface area (Å²) in [5, 5.41) is 9.14. The summed E-state index contributed by atoms with van der Waals surface area (Å²) in [6, 6.07) is 16.3. The number of para-hydroxylation sites is 1. The Labute approximate surface area is 169 Å². The van der Waals surface area contributed by atoms with E-state index in [0.717, 1.165) is 4.68 Å². The second kappa shape index (κ2) is 7.76. The molecule has 0 aliphatic heterocycles. The fourth-order valence-corrected chi connectivity index (χ4v) is 3.63. The van der Waals surface area contributed by atoms with Gasteiger partial charge in [-0.15, -0.1) is 11.3 Å². The number of nitrogens with one attached hydrogen (secondary N) is 1. The first-order valence-electron chi connectivity index (χ1n) is 8.68. The lowest BCUT2D eigenvalue weighted by Crippen LogP contribution is -2.23. The predicted octanol–water partition coefficient (Wildman–Crippen LogP) is 3.96. The van der Waals surface area contributed by atoms with Gasteiger partial charge in [0.05, 0.1) is 11.4 Å². The summed E-state index contributed by atoms with van der Waals surface area (Å²) in [4.78, 5) is 28.6. The Balaban J connectivity index is 1.66. The zero-order chi connectivity index (χ0) is 20.4. The van der Waals surface area contributed by atoms with Crippen molar-refractivity contribution in [2.24, 2.45) is 7.05 Å². The van der Waals surface area contributed by atoms with Crippen LogP contribution < -0.4 is 10.9 Å². The van der Waals surface area contributed by atoms with E-state index in [1.807, 2.05) is 17.5 Å². The number of anilines is 1. The lowest BCUT2D eigenvalue weighted by atomic mass is 10.1. The molecular formula is C21H15FN4O2S. The Morgan fingerprint density at radius 1 is 1.03 bits per heavy atom. The molecule has 2 aromatic carbocycles. The number of hydrogen-bond acceptors (Lipinski definition) is 5. The van der Waals surface area contributed by atoms with E-state index in [2.05, 4.69) is 15.4 Å². The quantitative estimate of drug-likeness (QED) is 0.557. The first-order chi connectivity index (χ1) is 14.0. The van der Waals surface area contributed by atoms with Crippen molar-refractivity contribution in [2.75, 3.05) is 5.32 Å². The highest BCUT2D eigenvalue weighted by Crippen LogP contribution is 2.33. The summed E-state index contributed by atoms with van der Waals surface area (Å²) in [6.07, 6.45) is 0. The van der Waals surface area contributed by atoms with Crippen LogP contribution in [0.2, 0.25) is 0 Å². The third kappa shape index (κ3) is 3.83. The molecule has 6 nitrogen and oxygen atoms in total. The van der Waals surface area contributed by atoms with Crippen molar-refractivity contribution in [2.45, 2.75) is 0 Å². The average Bonchev–Trinajstić information content (AvgIpc) is 3.20. The number of thiazole rings is 1. The molecule has 0 aliphatic carbocycles. The predicted molar refractivity (Wildman–Crippen MR) is 110 cm³/mol. The highest BCUT2D eigenvalue weighted by atomic mass is 32.1. The standard InChI is InChI=1S/C21H15FN4O2S/c1-26-19(27)11-10-17(25-26)20(28)23-16-9-5-3-7-14(16)18-12-29-21(24-18)13-6-2-4-8-15(13)22/h2-12H,1H3,(H,23,28). The van der Waals surface area contributed by atoms with Crippen LogP contribution in [-0.4, -0.2) is 20.7 Å². The van der Waals surface area contributed by atoms with E-state index in [-0.39, 0.29) is 17.1 Å². The van der Waals surface area contributed by atoms with Gasteiger partial charge < -0.3 is 5.32 Å². The first-order valence-corrected chi connectivity index (χ1v) is 9.56. The van der Waals surface area contributed by atoms with Gasteiger partial charge in [-0.2, -0.15) is 5.10 Å². The fraction of sp³-hybridized carbons (Fsp3) is 0.0476. The van der Waals surface area contributed by atoms with Crippen LogP contribution in [0.5, 0.6) is 0 Å². The number of aromatic nitrogens is 3. The lowest BCUT2D eigenvalue weighted by molar-refractivity contribution is 0.102. The summed E-state index contributed by atoms with van der Waals surface area (Å²) < 4.78 is 15.2. The molecule has 0 saturated carbocycles. The average molecular weight is 406 g/mol. The lowest BCUT2D eigenvalue weighted by Gasteiger charge is -2.09. The van der Waals surface area contributed by atoms with E-state index in [9.17, 15) is 14.0 Å². The van der Waals surface area contributed by atoms with Gasteiger partial charge in [0.1, 0.15) is 16.5 Å². The first kappa shape index (κ1) is 18.7. The fourth-order valence-electron chi connectivity index (χ4n) is 2.78. The van der Waals surface area contributed by atoms with Gasteiger partial charge in [0.15, 0.2) is 0 Å². The number of amides is 1. The van der Waals surface area contributed by atoms with Gasteiger partial charge in [-0.25, -0.2) is 14.1 Å². The third-order valence-corrected chi connectivity index (χ3v) is 5.13. The smallest absolute Gasteiger partial charge is 0.276 e. The number of hydrogen-bond donors (Lipinski definition) is 1. The monoisotopic (exact) mass is 406 g/mol. The van der Waals surface area contributed by atoms with Gasteiger partial charge in [0.2, 0.25) is 0 Å². The molecule has 2 aromatic heterocycles. The zero-order valence-corrected chi connectivity index (χ0v) is 16.1. The van der Waals surface area contributed by atoms with Crippen molar-refractivity contribution in [1.82, 2.24) is 14.8 Å². The zero-order valence-electron chi connectivity index (χ0n) is 15.3. The van der Waals surface area contributed by atoms with Crippen molar-refractivity contribution < 1.29 is 9.18 Å². The molecule has 4 aromatic rings. The Morgan fingerprint density at radius 2 is 1.76 bits per heavy atom. The van der Waals surface area contributed by atoms with E-state index in [1.54, 1.807) is 30.3 Å². The molecule has 0 saturated heterocycles. The molecule has 2 heterocycles. The molecule has 8 heteroatoms. The number of carbonyl (C=O) groups is 1. The number of aryl methyl sites for hydroxylation is 1. The molecule has 0 bridgehead atoms. The SMILES string of the molecule is Cn1nc(C(=O)Nc2ccccc2-c2csc(-c3ccccc3F)n2)ccc1=O. The summed E-state index contributed by atoms with van der Waals surface area (Å²) in [7, 11) is 1.48. The van der Waals surface area contributed by atoms with E-state index in [0.29, 0.717) is 27.5 Å². The Bertz CT molecular complexity index is 1270. The largest absolute Gasteiger partial charge is 0.320 e. The molecule has 0 atom stereocenters. The van der Waals surface area contributed by atoms with E-state index in [4.69, 9.17) is 0 Å². The van der Waals surface area contributed by atoms with Crippen LogP contribution >= 0.6 is 11.3 Å². The molecule has 1 amide bonds. The number of rotatable bonds is 4. The number of benzene rings is 2. The number of halogens is 1. The molecule has 144 valence electrons.